The van der Waals surface area contributed by atoms with E-state index in [0.29, 0.717) is 36.8 Å². The molecule has 7 unspecified atom stereocenters. The second kappa shape index (κ2) is 15.4. The Balaban J connectivity index is 1.37. The molecule has 16 heteroatoms. The van der Waals surface area contributed by atoms with Crippen LogP contribution < -0.4 is 29.6 Å². The van der Waals surface area contributed by atoms with E-state index in [-0.39, 0.29) is 43.0 Å². The Morgan fingerprint density at radius 3 is 2.45 bits per heavy atom. The van der Waals surface area contributed by atoms with Crippen LogP contribution in [0.15, 0.2) is 36.4 Å². The average molecular weight is 798 g/mol. The van der Waals surface area contributed by atoms with Crippen molar-refractivity contribution in [1.29, 1.82) is 0 Å². The second-order valence-corrected chi connectivity index (χ2v) is 19.3. The zero-order valence-corrected chi connectivity index (χ0v) is 34.3. The molecule has 0 spiro atoms. The van der Waals surface area contributed by atoms with Crippen molar-refractivity contribution in [3.05, 3.63) is 36.4 Å². The lowest BCUT2D eigenvalue weighted by Gasteiger charge is -2.33. The van der Waals surface area contributed by atoms with Gasteiger partial charge in [0.15, 0.2) is 0 Å². The summed E-state index contributed by atoms with van der Waals surface area (Å²) in [4.78, 5) is 62.5. The highest BCUT2D eigenvalue weighted by Gasteiger charge is 2.63. The molecule has 15 nitrogen and oxygen atoms in total. The highest BCUT2D eigenvalue weighted by atomic mass is 32.2. The van der Waals surface area contributed by atoms with E-state index in [0.717, 1.165) is 11.8 Å². The lowest BCUT2D eigenvalue weighted by Crippen LogP contribution is -2.59. The number of nitrogens with zero attached hydrogens (tertiary/aromatic N) is 2. The summed E-state index contributed by atoms with van der Waals surface area (Å²) >= 11 is 0. The number of alkyl carbamates (subject to hydrolysis) is 1. The minimum absolute atomic E-state index is 0.00657. The Kier molecular flexibility index (Phi) is 11.3. The molecule has 306 valence electrons. The van der Waals surface area contributed by atoms with E-state index < -0.39 is 73.8 Å². The third-order valence-corrected chi connectivity index (χ3v) is 13.5. The van der Waals surface area contributed by atoms with Crippen molar-refractivity contribution in [1.82, 2.24) is 25.2 Å². The molecular weight excluding hydrogens is 743 g/mol. The molecule has 3 fully saturated rings. The molecule has 0 bridgehead atoms. The van der Waals surface area contributed by atoms with Crippen LogP contribution in [0.3, 0.4) is 0 Å². The molecule has 7 atom stereocenters. The number of pyridine rings is 1. The third kappa shape index (κ3) is 8.69. The third-order valence-electron chi connectivity index (χ3n) is 11.4. The number of fused-ring (bicyclic) bond motifs is 3. The maximum Gasteiger partial charge on any atom is 0.408 e. The number of amides is 4. The van der Waals surface area contributed by atoms with E-state index >= 15 is 0 Å². The molecule has 1 aromatic carbocycles. The molecule has 3 heterocycles. The van der Waals surface area contributed by atoms with Crippen LogP contribution in [-0.4, -0.2) is 97.0 Å². The summed E-state index contributed by atoms with van der Waals surface area (Å²) in [6.07, 6.45) is 5.35. The monoisotopic (exact) mass is 797 g/mol. The first-order valence-corrected chi connectivity index (χ1v) is 20.8. The summed E-state index contributed by atoms with van der Waals surface area (Å²) in [5.41, 5.74) is -2.38. The van der Waals surface area contributed by atoms with Crippen molar-refractivity contribution in [2.24, 2.45) is 17.8 Å². The number of nitrogens with one attached hydrogen (secondary N) is 3. The SMILES string of the molecule is COc1ccc2c(OC3CC4C(=O)NC5(C(=O)NS(=O)(=O)C6(C)CC6)CC5C=CCCC(C)CC(C)C(NC(=O)OC(C)(C)C)C(=O)N4C3)nc(OC)cc2c1. The molecule has 4 amide bonds. The maximum absolute atomic E-state index is 14.8. The summed E-state index contributed by atoms with van der Waals surface area (Å²) in [6, 6.07) is 4.89. The summed E-state index contributed by atoms with van der Waals surface area (Å²) in [5.74, 6) is -1.54. The predicted molar refractivity (Wildman–Crippen MR) is 208 cm³/mol. The fraction of sp³-hybridized carbons (Fsp3) is 0.625. The number of ether oxygens (including phenoxy) is 4. The minimum Gasteiger partial charge on any atom is -0.497 e. The Hall–Kier alpha value is -4.60. The molecule has 1 saturated heterocycles. The lowest BCUT2D eigenvalue weighted by atomic mass is 9.88. The number of methoxy groups -OCH3 is 2. The van der Waals surface area contributed by atoms with Gasteiger partial charge in [0.05, 0.1) is 25.5 Å². The quantitative estimate of drug-likeness (QED) is 0.322. The van der Waals surface area contributed by atoms with Gasteiger partial charge in [0, 0.05) is 23.8 Å². The van der Waals surface area contributed by atoms with E-state index in [1.807, 2.05) is 25.1 Å². The van der Waals surface area contributed by atoms with Crippen LogP contribution in [0.1, 0.15) is 86.5 Å². The van der Waals surface area contributed by atoms with Gasteiger partial charge in [-0.15, -0.1) is 0 Å². The standard InChI is InChI=1S/C40H55N5O10S/c1-23-11-9-10-12-26-21-40(26,36(48)44-56(50,51)39(6)15-16-39)43-33(46)30-20-28(54-34-29-14-13-27(52-7)18-25(29)19-31(41-34)53-8)22-45(30)35(47)32(24(2)17-23)42-37(49)55-38(3,4)5/h10,12-14,18-19,23-24,26,28,30,32H,9,11,15-17,20-22H2,1-8H3,(H,42,49)(H,43,46)(H,44,48). The number of aromatic nitrogens is 1. The van der Waals surface area contributed by atoms with Crippen LogP contribution in [0.4, 0.5) is 4.79 Å². The molecule has 1 aromatic heterocycles. The van der Waals surface area contributed by atoms with Crippen LogP contribution in [0.5, 0.6) is 17.5 Å². The first kappa shape index (κ1) is 41.0. The van der Waals surface area contributed by atoms with E-state index in [9.17, 15) is 27.6 Å². The average Bonchev–Trinajstić information content (AvgIpc) is 4.00. The van der Waals surface area contributed by atoms with Gasteiger partial charge in [0.2, 0.25) is 33.6 Å². The molecule has 2 saturated carbocycles. The summed E-state index contributed by atoms with van der Waals surface area (Å²) < 4.78 is 50.6. The smallest absolute Gasteiger partial charge is 0.408 e. The van der Waals surface area contributed by atoms with E-state index in [4.69, 9.17) is 18.9 Å². The van der Waals surface area contributed by atoms with Crippen LogP contribution in [0.2, 0.25) is 0 Å². The Morgan fingerprint density at radius 1 is 1.05 bits per heavy atom. The van der Waals surface area contributed by atoms with Gasteiger partial charge in [-0.2, -0.15) is 4.98 Å². The summed E-state index contributed by atoms with van der Waals surface area (Å²) in [6.45, 7) is 10.7. The molecule has 2 aromatic rings. The number of carbonyl (C=O) groups excluding carboxylic acids is 4. The molecule has 0 radical (unpaired) electrons. The largest absolute Gasteiger partial charge is 0.497 e. The zero-order valence-electron chi connectivity index (χ0n) is 33.5. The fourth-order valence-electron chi connectivity index (χ4n) is 7.69. The highest BCUT2D eigenvalue weighted by Crippen LogP contribution is 2.47. The van der Waals surface area contributed by atoms with Gasteiger partial charge in [-0.3, -0.25) is 19.1 Å². The molecule has 2 aliphatic heterocycles. The normalized spacial score (nSPS) is 29.1. The van der Waals surface area contributed by atoms with Gasteiger partial charge in [0.25, 0.3) is 5.91 Å². The second-order valence-electron chi connectivity index (χ2n) is 17.1. The minimum atomic E-state index is -4.01. The molecule has 2 aliphatic carbocycles. The number of carbonyl (C=O) groups is 4. The number of hydrogen-bond acceptors (Lipinski definition) is 11. The van der Waals surface area contributed by atoms with Crippen LogP contribution in [0, 0.1) is 17.8 Å². The fourth-order valence-corrected chi connectivity index (χ4v) is 9.00. The number of hydrogen-bond donors (Lipinski definition) is 3. The predicted octanol–water partition coefficient (Wildman–Crippen LogP) is 4.38. The number of sulfonamides is 1. The van der Waals surface area contributed by atoms with Crippen molar-refractivity contribution >= 4 is 44.6 Å². The highest BCUT2D eigenvalue weighted by molar-refractivity contribution is 7.91. The lowest BCUT2D eigenvalue weighted by molar-refractivity contribution is -0.142. The van der Waals surface area contributed by atoms with Gasteiger partial charge in [-0.25, -0.2) is 13.2 Å². The van der Waals surface area contributed by atoms with Crippen LogP contribution in [-0.2, 0) is 29.1 Å². The van der Waals surface area contributed by atoms with Crippen molar-refractivity contribution < 1.29 is 46.5 Å². The van der Waals surface area contributed by atoms with Crippen LogP contribution >= 0.6 is 0 Å². The first-order chi connectivity index (χ1) is 26.3. The topological polar surface area (TPSA) is 192 Å². The number of rotatable bonds is 8. The van der Waals surface area contributed by atoms with Gasteiger partial charge in [0.1, 0.15) is 35.1 Å². The Labute approximate surface area is 328 Å². The van der Waals surface area contributed by atoms with E-state index in [2.05, 4.69) is 27.3 Å². The van der Waals surface area contributed by atoms with Gasteiger partial charge in [-0.05, 0) is 102 Å². The van der Waals surface area contributed by atoms with Gasteiger partial charge in [-0.1, -0.05) is 26.0 Å². The number of allylic oxidation sites excluding steroid dienone is 1. The number of benzene rings is 1. The van der Waals surface area contributed by atoms with E-state index in [1.165, 1.54) is 12.0 Å². The van der Waals surface area contributed by atoms with Gasteiger partial charge < -0.3 is 34.5 Å². The molecular formula is C40H55N5O10S. The molecule has 4 aliphatic rings. The van der Waals surface area contributed by atoms with E-state index in [1.54, 1.807) is 53.0 Å². The Bertz CT molecular complexity index is 2010. The van der Waals surface area contributed by atoms with Crippen molar-refractivity contribution in [2.75, 3.05) is 20.8 Å². The molecule has 56 heavy (non-hydrogen) atoms. The van der Waals surface area contributed by atoms with Gasteiger partial charge >= 0.3 is 6.09 Å². The zero-order chi connectivity index (χ0) is 40.8. The molecule has 3 N–H and O–H groups in total. The van der Waals surface area contributed by atoms with Crippen LogP contribution in [0.25, 0.3) is 10.8 Å². The Morgan fingerprint density at radius 2 is 1.79 bits per heavy atom. The van der Waals surface area contributed by atoms with Crippen molar-refractivity contribution in [2.45, 2.75) is 121 Å². The van der Waals surface area contributed by atoms with Crippen molar-refractivity contribution in [3.63, 3.8) is 0 Å². The first-order valence-electron chi connectivity index (χ1n) is 19.3. The summed E-state index contributed by atoms with van der Waals surface area (Å²) in [7, 11) is -0.967. The summed E-state index contributed by atoms with van der Waals surface area (Å²) in [5, 5.41) is 7.08. The molecule has 6 rings (SSSR count). The van der Waals surface area contributed by atoms with Crippen molar-refractivity contribution in [3.8, 4) is 17.5 Å². The maximum atomic E-state index is 14.8.